The van der Waals surface area contributed by atoms with Gasteiger partial charge in [-0.25, -0.2) is 4.79 Å². The van der Waals surface area contributed by atoms with E-state index in [1.807, 2.05) is 18.3 Å². The Balaban J connectivity index is 2.34. The first-order valence-corrected chi connectivity index (χ1v) is 5.13. The highest BCUT2D eigenvalue weighted by Crippen LogP contribution is 2.21. The molecule has 16 heavy (non-hydrogen) atoms. The monoisotopic (exact) mass is 215 g/mol. The number of allylic oxidation sites excluding steroid dienone is 1. The molecule has 0 aliphatic carbocycles. The number of rotatable bonds is 3. The van der Waals surface area contributed by atoms with E-state index in [9.17, 15) is 4.79 Å². The predicted molar refractivity (Wildman–Crippen MR) is 63.5 cm³/mol. The van der Waals surface area contributed by atoms with Crippen molar-refractivity contribution in [3.05, 3.63) is 47.7 Å². The number of aromatic nitrogens is 1. The fraction of sp³-hybridized carbons (Fsp3) is 0.154. The zero-order valence-corrected chi connectivity index (χ0v) is 9.03. The van der Waals surface area contributed by atoms with Crippen LogP contribution < -0.4 is 0 Å². The number of hydrogen-bond donors (Lipinski definition) is 2. The van der Waals surface area contributed by atoms with Gasteiger partial charge >= 0.3 is 5.97 Å². The summed E-state index contributed by atoms with van der Waals surface area (Å²) in [5.41, 5.74) is 3.41. The van der Waals surface area contributed by atoms with Crippen LogP contribution in [0.15, 0.2) is 36.5 Å². The number of aromatic amines is 1. The maximum Gasteiger partial charge on any atom is 0.327 e. The lowest BCUT2D eigenvalue weighted by Gasteiger charge is -1.99. The van der Waals surface area contributed by atoms with E-state index in [2.05, 4.69) is 18.0 Å². The summed E-state index contributed by atoms with van der Waals surface area (Å²) in [5.74, 6) is -0.908. The molecular formula is C13H13NO2. The Bertz CT molecular complexity index is 552. The van der Waals surface area contributed by atoms with Crippen LogP contribution in [0.25, 0.3) is 10.9 Å². The molecule has 2 rings (SSSR count). The number of benzene rings is 1. The van der Waals surface area contributed by atoms with E-state index >= 15 is 0 Å². The molecular weight excluding hydrogens is 202 g/mol. The number of carboxylic acids is 1. The summed E-state index contributed by atoms with van der Waals surface area (Å²) in [7, 11) is 0. The molecule has 82 valence electrons. The molecule has 0 saturated carbocycles. The lowest BCUT2D eigenvalue weighted by atomic mass is 10.1. The third-order valence-corrected chi connectivity index (χ3v) is 2.61. The van der Waals surface area contributed by atoms with Gasteiger partial charge in [0.1, 0.15) is 0 Å². The van der Waals surface area contributed by atoms with Crippen molar-refractivity contribution in [1.29, 1.82) is 0 Å². The van der Waals surface area contributed by atoms with Crippen molar-refractivity contribution in [3.63, 3.8) is 0 Å². The molecule has 3 heteroatoms. The van der Waals surface area contributed by atoms with Crippen LogP contribution >= 0.6 is 0 Å². The van der Waals surface area contributed by atoms with Crippen LogP contribution in [0, 0.1) is 6.92 Å². The number of nitrogens with one attached hydrogen (secondary N) is 1. The maximum absolute atomic E-state index is 10.4. The van der Waals surface area contributed by atoms with Gasteiger partial charge in [-0.15, -0.1) is 0 Å². The lowest BCUT2D eigenvalue weighted by molar-refractivity contribution is -0.131. The number of carbonyl (C=O) groups is 1. The van der Waals surface area contributed by atoms with Gasteiger partial charge in [-0.1, -0.05) is 24.3 Å². The predicted octanol–water partition coefficient (Wildman–Crippen LogP) is 2.66. The quantitative estimate of drug-likeness (QED) is 0.773. The summed E-state index contributed by atoms with van der Waals surface area (Å²) in [6.45, 7) is 2.05. The van der Waals surface area contributed by atoms with Crippen molar-refractivity contribution in [2.75, 3.05) is 0 Å². The van der Waals surface area contributed by atoms with Gasteiger partial charge in [0, 0.05) is 23.2 Å². The summed E-state index contributed by atoms with van der Waals surface area (Å²) >= 11 is 0. The molecule has 1 heterocycles. The number of aryl methyl sites for hydroxylation is 1. The number of hydrogen-bond acceptors (Lipinski definition) is 1. The fourth-order valence-corrected chi connectivity index (χ4v) is 1.81. The highest BCUT2D eigenvalue weighted by Gasteiger charge is 2.02. The van der Waals surface area contributed by atoms with E-state index in [1.54, 1.807) is 6.08 Å². The van der Waals surface area contributed by atoms with Crippen molar-refractivity contribution in [2.45, 2.75) is 13.3 Å². The molecule has 0 aliphatic rings. The Hall–Kier alpha value is -2.03. The topological polar surface area (TPSA) is 53.1 Å². The molecule has 3 nitrogen and oxygen atoms in total. The van der Waals surface area contributed by atoms with Gasteiger partial charge in [0.2, 0.25) is 0 Å². The number of H-pyrrole nitrogens is 1. The van der Waals surface area contributed by atoms with Crippen LogP contribution in [0.3, 0.4) is 0 Å². The highest BCUT2D eigenvalue weighted by molar-refractivity contribution is 5.86. The zero-order valence-electron chi connectivity index (χ0n) is 9.03. The van der Waals surface area contributed by atoms with Crippen molar-refractivity contribution >= 4 is 16.9 Å². The molecule has 0 bridgehead atoms. The van der Waals surface area contributed by atoms with Gasteiger partial charge in [-0.2, -0.15) is 0 Å². The number of aliphatic carboxylic acids is 1. The summed E-state index contributed by atoms with van der Waals surface area (Å²) in [6.07, 6.45) is 5.43. The molecule has 0 aliphatic heterocycles. The number of para-hydroxylation sites is 1. The van der Waals surface area contributed by atoms with E-state index < -0.39 is 5.97 Å². The first-order chi connectivity index (χ1) is 7.68. The van der Waals surface area contributed by atoms with Gasteiger partial charge in [0.05, 0.1) is 0 Å². The average Bonchev–Trinajstić information content (AvgIpc) is 2.61. The van der Waals surface area contributed by atoms with E-state index in [4.69, 9.17) is 5.11 Å². The third kappa shape index (κ3) is 1.98. The van der Waals surface area contributed by atoms with Gasteiger partial charge in [0.25, 0.3) is 0 Å². The second kappa shape index (κ2) is 4.23. The van der Waals surface area contributed by atoms with Gasteiger partial charge in [-0.3, -0.25) is 0 Å². The number of carboxylic acid groups (broad SMARTS) is 1. The van der Waals surface area contributed by atoms with Crippen LogP contribution in [0.2, 0.25) is 0 Å². The van der Waals surface area contributed by atoms with Crippen molar-refractivity contribution < 1.29 is 9.90 Å². The minimum absolute atomic E-state index is 0.629. The second-order valence-electron chi connectivity index (χ2n) is 3.76. The van der Waals surface area contributed by atoms with Gasteiger partial charge < -0.3 is 10.1 Å². The zero-order chi connectivity index (χ0) is 11.5. The molecule has 2 N–H and O–H groups in total. The smallest absolute Gasteiger partial charge is 0.327 e. The Morgan fingerprint density at radius 2 is 2.31 bits per heavy atom. The normalized spacial score (nSPS) is 11.3. The molecule has 0 unspecified atom stereocenters. The summed E-state index contributed by atoms with van der Waals surface area (Å²) in [5, 5.41) is 9.71. The molecule has 1 aromatic carbocycles. The molecule has 0 fully saturated rings. The fourth-order valence-electron chi connectivity index (χ4n) is 1.81. The molecule has 0 spiro atoms. The lowest BCUT2D eigenvalue weighted by Crippen LogP contribution is -1.88. The van der Waals surface area contributed by atoms with E-state index in [0.717, 1.165) is 11.1 Å². The number of fused-ring (bicyclic) bond motifs is 1. The van der Waals surface area contributed by atoms with E-state index in [0.29, 0.717) is 6.42 Å². The first kappa shape index (κ1) is 10.5. The molecule has 0 amide bonds. The van der Waals surface area contributed by atoms with Gasteiger partial charge in [-0.05, 0) is 24.5 Å². The summed E-state index contributed by atoms with van der Waals surface area (Å²) in [6, 6.07) is 6.06. The van der Waals surface area contributed by atoms with Crippen LogP contribution in [0.4, 0.5) is 0 Å². The van der Waals surface area contributed by atoms with Crippen LogP contribution in [-0.2, 0) is 11.2 Å². The Labute approximate surface area is 93.4 Å². The average molecular weight is 215 g/mol. The SMILES string of the molecule is Cc1c[nH]c2c(C/C=C/C(=O)O)cccc12. The minimum atomic E-state index is -0.908. The van der Waals surface area contributed by atoms with Crippen LogP contribution in [0.1, 0.15) is 11.1 Å². The largest absolute Gasteiger partial charge is 0.478 e. The van der Waals surface area contributed by atoms with Crippen LogP contribution in [-0.4, -0.2) is 16.1 Å². The molecule has 2 aromatic rings. The molecule has 1 aromatic heterocycles. The Morgan fingerprint density at radius 1 is 1.50 bits per heavy atom. The second-order valence-corrected chi connectivity index (χ2v) is 3.76. The molecule has 0 radical (unpaired) electrons. The van der Waals surface area contributed by atoms with E-state index in [-0.39, 0.29) is 0 Å². The van der Waals surface area contributed by atoms with Crippen molar-refractivity contribution in [1.82, 2.24) is 4.98 Å². The highest BCUT2D eigenvalue weighted by atomic mass is 16.4. The summed E-state index contributed by atoms with van der Waals surface area (Å²) < 4.78 is 0. The maximum atomic E-state index is 10.4. The summed E-state index contributed by atoms with van der Waals surface area (Å²) in [4.78, 5) is 13.6. The standard InChI is InChI=1S/C13H13NO2/c1-9-8-14-13-10(4-2-6-11(9)13)5-3-7-12(15)16/h2-4,6-8,14H,5H2,1H3,(H,15,16)/b7-3+. The minimum Gasteiger partial charge on any atom is -0.478 e. The van der Waals surface area contributed by atoms with Gasteiger partial charge in [0.15, 0.2) is 0 Å². The Kier molecular flexibility index (Phi) is 2.77. The molecule has 0 atom stereocenters. The molecule has 0 saturated heterocycles. The first-order valence-electron chi connectivity index (χ1n) is 5.13. The third-order valence-electron chi connectivity index (χ3n) is 2.61. The van der Waals surface area contributed by atoms with E-state index in [1.165, 1.54) is 17.0 Å². The Morgan fingerprint density at radius 3 is 3.06 bits per heavy atom. The van der Waals surface area contributed by atoms with Crippen LogP contribution in [0.5, 0.6) is 0 Å². The van der Waals surface area contributed by atoms with Crippen molar-refractivity contribution in [3.8, 4) is 0 Å². The van der Waals surface area contributed by atoms with Crippen molar-refractivity contribution in [2.24, 2.45) is 0 Å².